The Balaban J connectivity index is 3.52. The van der Waals surface area contributed by atoms with Crippen molar-refractivity contribution < 1.29 is 0 Å². The van der Waals surface area contributed by atoms with E-state index in [0.29, 0.717) is 0 Å². The molecule has 0 saturated carbocycles. The molecule has 0 fully saturated rings. The molecule has 0 radical (unpaired) electrons. The highest BCUT2D eigenvalue weighted by Crippen LogP contribution is 2.26. The van der Waals surface area contributed by atoms with Crippen LogP contribution in [0.4, 0.5) is 0 Å². The molecular formula is C19H23N. The summed E-state index contributed by atoms with van der Waals surface area (Å²) in [5, 5.41) is 0. The average molecular weight is 265 g/mol. The van der Waals surface area contributed by atoms with Crippen molar-refractivity contribution in [1.82, 2.24) is 0 Å². The molecule has 0 aromatic heterocycles. The molecular weight excluding hydrogens is 242 g/mol. The van der Waals surface area contributed by atoms with Crippen LogP contribution < -0.4 is 0 Å². The van der Waals surface area contributed by atoms with E-state index in [9.17, 15) is 0 Å². The molecule has 0 heterocycles. The number of rotatable bonds is 6. The Kier molecular flexibility index (Phi) is 6.45. The normalized spacial score (nSPS) is 13.2. The minimum Gasteiger partial charge on any atom is -0.257 e. The van der Waals surface area contributed by atoms with E-state index in [4.69, 9.17) is 4.99 Å². The van der Waals surface area contributed by atoms with E-state index in [1.807, 2.05) is 37.3 Å². The van der Waals surface area contributed by atoms with Crippen molar-refractivity contribution in [3.05, 3.63) is 78.4 Å². The maximum atomic E-state index is 4.79. The Morgan fingerprint density at radius 2 is 1.85 bits per heavy atom. The minimum absolute atomic E-state index is 0.935. The molecule has 1 aromatic carbocycles. The minimum atomic E-state index is 0.935. The smallest absolute Gasteiger partial charge is 0.0775 e. The Labute approximate surface area is 122 Å². The van der Waals surface area contributed by atoms with Gasteiger partial charge < -0.3 is 0 Å². The zero-order valence-corrected chi connectivity index (χ0v) is 12.7. The van der Waals surface area contributed by atoms with Crippen molar-refractivity contribution in [3.8, 4) is 0 Å². The van der Waals surface area contributed by atoms with Gasteiger partial charge in [0.2, 0.25) is 0 Å². The van der Waals surface area contributed by atoms with Crippen LogP contribution in [-0.2, 0) is 0 Å². The molecule has 1 rings (SSSR count). The van der Waals surface area contributed by atoms with Crippen LogP contribution in [0.1, 0.15) is 32.8 Å². The zero-order valence-electron chi connectivity index (χ0n) is 12.7. The van der Waals surface area contributed by atoms with E-state index in [1.165, 1.54) is 0 Å². The maximum Gasteiger partial charge on any atom is 0.0775 e. The molecule has 0 bridgehead atoms. The monoisotopic (exact) mass is 265 g/mol. The van der Waals surface area contributed by atoms with Crippen molar-refractivity contribution in [3.63, 3.8) is 0 Å². The summed E-state index contributed by atoms with van der Waals surface area (Å²) in [5.41, 5.74) is 5.22. The fourth-order valence-corrected chi connectivity index (χ4v) is 1.73. The van der Waals surface area contributed by atoms with Crippen LogP contribution in [0.15, 0.2) is 77.9 Å². The van der Waals surface area contributed by atoms with Gasteiger partial charge in [-0.3, -0.25) is 4.99 Å². The molecule has 0 aliphatic carbocycles. The molecule has 0 aliphatic rings. The van der Waals surface area contributed by atoms with Crippen molar-refractivity contribution in [2.24, 2.45) is 4.99 Å². The third kappa shape index (κ3) is 4.51. The molecule has 1 nitrogen and oxygen atoms in total. The summed E-state index contributed by atoms with van der Waals surface area (Å²) >= 11 is 0. The van der Waals surface area contributed by atoms with Gasteiger partial charge >= 0.3 is 0 Å². The van der Waals surface area contributed by atoms with E-state index in [1.54, 1.807) is 6.08 Å². The molecule has 20 heavy (non-hydrogen) atoms. The van der Waals surface area contributed by atoms with Crippen molar-refractivity contribution in [1.29, 1.82) is 0 Å². The van der Waals surface area contributed by atoms with E-state index in [2.05, 4.69) is 39.1 Å². The van der Waals surface area contributed by atoms with Crippen LogP contribution in [-0.4, -0.2) is 5.71 Å². The van der Waals surface area contributed by atoms with Crippen LogP contribution in [0.5, 0.6) is 0 Å². The first-order valence-electron chi connectivity index (χ1n) is 6.89. The Hall–Kier alpha value is -2.15. The summed E-state index contributed by atoms with van der Waals surface area (Å²) < 4.78 is 0. The van der Waals surface area contributed by atoms with Crippen LogP contribution in [0.25, 0.3) is 5.70 Å². The van der Waals surface area contributed by atoms with Gasteiger partial charge in [0, 0.05) is 16.8 Å². The van der Waals surface area contributed by atoms with Gasteiger partial charge in [-0.2, -0.15) is 0 Å². The second-order valence-electron chi connectivity index (χ2n) is 4.70. The largest absolute Gasteiger partial charge is 0.257 e. The number of nitrogens with zero attached hydrogens (tertiary/aromatic N) is 1. The average Bonchev–Trinajstić information content (AvgIpc) is 2.46. The van der Waals surface area contributed by atoms with E-state index >= 15 is 0 Å². The third-order valence-corrected chi connectivity index (χ3v) is 2.98. The lowest BCUT2D eigenvalue weighted by Crippen LogP contribution is -1.94. The lowest BCUT2D eigenvalue weighted by atomic mass is 10.0. The molecule has 0 saturated heterocycles. The van der Waals surface area contributed by atoms with E-state index < -0.39 is 0 Å². The molecule has 0 unspecified atom stereocenters. The third-order valence-electron chi connectivity index (χ3n) is 2.98. The zero-order chi connectivity index (χ0) is 15.0. The Morgan fingerprint density at radius 1 is 1.20 bits per heavy atom. The van der Waals surface area contributed by atoms with Gasteiger partial charge in [-0.1, -0.05) is 68.6 Å². The molecule has 0 amide bonds. The van der Waals surface area contributed by atoms with Crippen molar-refractivity contribution in [2.45, 2.75) is 27.2 Å². The first-order valence-corrected chi connectivity index (χ1v) is 6.89. The fourth-order valence-electron chi connectivity index (χ4n) is 1.73. The molecule has 1 heteroatoms. The summed E-state index contributed by atoms with van der Waals surface area (Å²) in [5.74, 6) is 0. The van der Waals surface area contributed by atoms with Crippen molar-refractivity contribution >= 4 is 11.4 Å². The van der Waals surface area contributed by atoms with Crippen LogP contribution in [0, 0.1) is 0 Å². The maximum absolute atomic E-state index is 4.79. The molecule has 0 N–H and O–H groups in total. The number of aliphatic imine (C=N–C) groups is 1. The Bertz CT molecular complexity index is 557. The SMILES string of the molecule is C=C\C=C/C(C(=C)C)=C(/N=C(\C)CC)c1ccccc1. The van der Waals surface area contributed by atoms with Gasteiger partial charge in [0.1, 0.15) is 0 Å². The molecule has 0 aliphatic heterocycles. The first-order chi connectivity index (χ1) is 9.60. The molecule has 0 atom stereocenters. The summed E-state index contributed by atoms with van der Waals surface area (Å²) in [6.45, 7) is 14.0. The van der Waals surface area contributed by atoms with Gasteiger partial charge in [-0.05, 0) is 25.8 Å². The number of benzene rings is 1. The van der Waals surface area contributed by atoms with Crippen molar-refractivity contribution in [2.75, 3.05) is 0 Å². The lowest BCUT2D eigenvalue weighted by molar-refractivity contribution is 1.25. The summed E-state index contributed by atoms with van der Waals surface area (Å²) in [4.78, 5) is 4.79. The number of allylic oxidation sites excluding steroid dienone is 5. The first kappa shape index (κ1) is 15.9. The number of hydrogen-bond acceptors (Lipinski definition) is 1. The quantitative estimate of drug-likeness (QED) is 0.470. The fraction of sp³-hybridized carbons (Fsp3) is 0.211. The topological polar surface area (TPSA) is 12.4 Å². The van der Waals surface area contributed by atoms with Gasteiger partial charge in [-0.15, -0.1) is 0 Å². The van der Waals surface area contributed by atoms with E-state index in [0.717, 1.165) is 34.5 Å². The highest BCUT2D eigenvalue weighted by Gasteiger charge is 2.07. The predicted octanol–water partition coefficient (Wildman–Crippen LogP) is 5.59. The summed E-state index contributed by atoms with van der Waals surface area (Å²) in [6.07, 6.45) is 6.64. The van der Waals surface area contributed by atoms with Crippen LogP contribution >= 0.6 is 0 Å². The molecule has 0 spiro atoms. The van der Waals surface area contributed by atoms with Gasteiger partial charge in [0.05, 0.1) is 5.70 Å². The van der Waals surface area contributed by atoms with Crippen LogP contribution in [0.2, 0.25) is 0 Å². The standard InChI is InChI=1S/C19H23N/c1-6-8-14-18(15(3)4)19(20-16(5)7-2)17-12-10-9-11-13-17/h6,8-14H,1,3,7H2,2,4-5H3/b14-8-,19-18-,20-16+. The second-order valence-corrected chi connectivity index (χ2v) is 4.70. The van der Waals surface area contributed by atoms with Gasteiger partial charge in [0.15, 0.2) is 0 Å². The highest BCUT2D eigenvalue weighted by molar-refractivity contribution is 5.89. The van der Waals surface area contributed by atoms with Gasteiger partial charge in [-0.25, -0.2) is 0 Å². The summed E-state index contributed by atoms with van der Waals surface area (Å²) in [7, 11) is 0. The molecule has 104 valence electrons. The van der Waals surface area contributed by atoms with Crippen LogP contribution in [0.3, 0.4) is 0 Å². The van der Waals surface area contributed by atoms with Gasteiger partial charge in [0.25, 0.3) is 0 Å². The highest BCUT2D eigenvalue weighted by atomic mass is 14.8. The summed E-state index contributed by atoms with van der Waals surface area (Å²) in [6, 6.07) is 10.2. The van der Waals surface area contributed by atoms with E-state index in [-0.39, 0.29) is 0 Å². The predicted molar refractivity (Wildman–Crippen MR) is 90.9 cm³/mol. The number of hydrogen-bond donors (Lipinski definition) is 0. The molecule has 1 aromatic rings. The second kappa shape index (κ2) is 8.11. The lowest BCUT2D eigenvalue weighted by Gasteiger charge is -2.10. The Morgan fingerprint density at radius 3 is 2.35 bits per heavy atom.